The van der Waals surface area contributed by atoms with Crippen molar-refractivity contribution in [3.05, 3.63) is 29.8 Å². The van der Waals surface area contributed by atoms with Crippen LogP contribution < -0.4 is 15.4 Å². The van der Waals surface area contributed by atoms with Crippen molar-refractivity contribution in [3.8, 4) is 5.75 Å². The highest BCUT2D eigenvalue weighted by atomic mass is 16.5. The first kappa shape index (κ1) is 16.7. The summed E-state index contributed by atoms with van der Waals surface area (Å²) in [6, 6.07) is 8.15. The second-order valence-corrected chi connectivity index (χ2v) is 6.41. The zero-order valence-corrected chi connectivity index (χ0v) is 13.9. The normalized spacial score (nSPS) is 17.1. The van der Waals surface area contributed by atoms with E-state index in [0.29, 0.717) is 12.0 Å². The summed E-state index contributed by atoms with van der Waals surface area (Å²) < 4.78 is 5.89. The smallest absolute Gasteiger partial charge is 0.317 e. The summed E-state index contributed by atoms with van der Waals surface area (Å²) in [5, 5.41) is 5.91. The van der Waals surface area contributed by atoms with Gasteiger partial charge in [0, 0.05) is 6.04 Å². The topological polar surface area (TPSA) is 50.4 Å². The van der Waals surface area contributed by atoms with E-state index in [0.717, 1.165) is 24.2 Å². The van der Waals surface area contributed by atoms with Crippen molar-refractivity contribution in [1.29, 1.82) is 0 Å². The molecule has 1 saturated carbocycles. The number of urea groups is 1. The van der Waals surface area contributed by atoms with Gasteiger partial charge in [0.15, 0.2) is 6.23 Å². The third-order valence-corrected chi connectivity index (χ3v) is 4.12. The average molecular weight is 304 g/mol. The number of ether oxygens (including phenoxy) is 1. The number of nitrogens with one attached hydrogen (secondary N) is 2. The second kappa shape index (κ2) is 8.06. The highest BCUT2D eigenvalue weighted by molar-refractivity contribution is 5.74. The maximum Gasteiger partial charge on any atom is 0.317 e. The molecule has 0 spiro atoms. The van der Waals surface area contributed by atoms with E-state index in [1.54, 1.807) is 0 Å². The highest BCUT2D eigenvalue weighted by Gasteiger charge is 2.17. The Bertz CT molecular complexity index is 482. The zero-order chi connectivity index (χ0) is 15.9. The van der Waals surface area contributed by atoms with Crippen molar-refractivity contribution in [2.24, 2.45) is 0 Å². The lowest BCUT2D eigenvalue weighted by Crippen LogP contribution is -2.47. The molecule has 2 amide bonds. The molecule has 22 heavy (non-hydrogen) atoms. The third-order valence-electron chi connectivity index (χ3n) is 4.12. The zero-order valence-electron chi connectivity index (χ0n) is 13.9. The number of amides is 2. The number of hydrogen-bond acceptors (Lipinski definition) is 2. The van der Waals surface area contributed by atoms with Crippen LogP contribution in [0, 0.1) is 0 Å². The van der Waals surface area contributed by atoms with Crippen molar-refractivity contribution < 1.29 is 9.53 Å². The van der Waals surface area contributed by atoms with Crippen molar-refractivity contribution in [1.82, 2.24) is 10.6 Å². The Morgan fingerprint density at radius 2 is 1.82 bits per heavy atom. The van der Waals surface area contributed by atoms with Gasteiger partial charge in [0.25, 0.3) is 0 Å². The molecular weight excluding hydrogens is 276 g/mol. The number of carbonyl (C=O) groups excluding carboxylic acids is 1. The SMILES string of the molecule is CC(NC(=O)NC1CCCCC1)Oc1ccccc1C(C)C. The van der Waals surface area contributed by atoms with Gasteiger partial charge in [0.05, 0.1) is 0 Å². The predicted octanol–water partition coefficient (Wildman–Crippen LogP) is 4.17. The minimum absolute atomic E-state index is 0.138. The number of benzene rings is 1. The Morgan fingerprint density at radius 3 is 2.50 bits per heavy atom. The molecule has 0 aliphatic heterocycles. The maximum absolute atomic E-state index is 12.0. The molecule has 4 nitrogen and oxygen atoms in total. The van der Waals surface area contributed by atoms with Gasteiger partial charge >= 0.3 is 6.03 Å². The lowest BCUT2D eigenvalue weighted by Gasteiger charge is -2.25. The molecule has 1 aromatic carbocycles. The molecule has 1 aliphatic carbocycles. The highest BCUT2D eigenvalue weighted by Crippen LogP contribution is 2.26. The van der Waals surface area contributed by atoms with Gasteiger partial charge < -0.3 is 15.4 Å². The van der Waals surface area contributed by atoms with Crippen molar-refractivity contribution in [3.63, 3.8) is 0 Å². The van der Waals surface area contributed by atoms with Crippen LogP contribution in [0.2, 0.25) is 0 Å². The fourth-order valence-corrected chi connectivity index (χ4v) is 2.94. The Morgan fingerprint density at radius 1 is 1.14 bits per heavy atom. The molecule has 1 unspecified atom stereocenters. The van der Waals surface area contributed by atoms with E-state index in [2.05, 4.69) is 30.5 Å². The molecule has 1 atom stereocenters. The summed E-state index contributed by atoms with van der Waals surface area (Å²) in [5.74, 6) is 1.22. The van der Waals surface area contributed by atoms with Gasteiger partial charge in [-0.25, -0.2) is 4.79 Å². The standard InChI is InChI=1S/C18H28N2O2/c1-13(2)16-11-7-8-12-17(16)22-14(3)19-18(21)20-15-9-5-4-6-10-15/h7-8,11-15H,4-6,9-10H2,1-3H3,(H2,19,20,21). The molecule has 4 heteroatoms. The fraction of sp³-hybridized carbons (Fsp3) is 0.611. The fourth-order valence-electron chi connectivity index (χ4n) is 2.94. The summed E-state index contributed by atoms with van der Waals surface area (Å²) in [5.41, 5.74) is 1.16. The summed E-state index contributed by atoms with van der Waals surface area (Å²) >= 11 is 0. The molecule has 0 aromatic heterocycles. The summed E-state index contributed by atoms with van der Waals surface area (Å²) in [6.07, 6.45) is 5.50. The van der Waals surface area contributed by atoms with Gasteiger partial charge in [-0.05, 0) is 37.3 Å². The summed E-state index contributed by atoms with van der Waals surface area (Å²) in [7, 11) is 0. The van der Waals surface area contributed by atoms with Crippen LogP contribution in [-0.2, 0) is 0 Å². The van der Waals surface area contributed by atoms with Gasteiger partial charge in [0.2, 0.25) is 0 Å². The molecular formula is C18H28N2O2. The molecule has 1 aliphatic rings. The molecule has 2 N–H and O–H groups in total. The van der Waals surface area contributed by atoms with Crippen molar-refractivity contribution in [2.45, 2.75) is 71.1 Å². The molecule has 1 fully saturated rings. The van der Waals surface area contributed by atoms with Crippen molar-refractivity contribution in [2.75, 3.05) is 0 Å². The minimum atomic E-state index is -0.358. The largest absolute Gasteiger partial charge is 0.471 e. The van der Waals surface area contributed by atoms with Crippen LogP contribution >= 0.6 is 0 Å². The van der Waals surface area contributed by atoms with Gasteiger partial charge in [-0.1, -0.05) is 51.3 Å². The van der Waals surface area contributed by atoms with Crippen LogP contribution in [0.3, 0.4) is 0 Å². The molecule has 0 radical (unpaired) electrons. The van der Waals surface area contributed by atoms with E-state index in [1.807, 2.05) is 25.1 Å². The Kier molecular flexibility index (Phi) is 6.10. The Hall–Kier alpha value is -1.71. The molecule has 2 rings (SSSR count). The van der Waals surface area contributed by atoms with Gasteiger partial charge in [0.1, 0.15) is 5.75 Å². The second-order valence-electron chi connectivity index (χ2n) is 6.41. The van der Waals surface area contributed by atoms with Gasteiger partial charge in [-0.3, -0.25) is 0 Å². The van der Waals surface area contributed by atoms with Crippen LogP contribution in [0.25, 0.3) is 0 Å². The Labute approximate surface area is 133 Å². The number of para-hydroxylation sites is 1. The van der Waals surface area contributed by atoms with Crippen LogP contribution in [0.15, 0.2) is 24.3 Å². The first-order chi connectivity index (χ1) is 10.6. The van der Waals surface area contributed by atoms with Crippen LogP contribution in [0.4, 0.5) is 4.79 Å². The summed E-state index contributed by atoms with van der Waals surface area (Å²) in [4.78, 5) is 12.0. The van der Waals surface area contributed by atoms with E-state index in [9.17, 15) is 4.79 Å². The first-order valence-electron chi connectivity index (χ1n) is 8.39. The van der Waals surface area contributed by atoms with E-state index in [1.165, 1.54) is 19.3 Å². The Balaban J connectivity index is 1.84. The quantitative estimate of drug-likeness (QED) is 0.802. The number of hydrogen-bond donors (Lipinski definition) is 2. The van der Waals surface area contributed by atoms with Crippen LogP contribution in [-0.4, -0.2) is 18.3 Å². The van der Waals surface area contributed by atoms with Gasteiger partial charge in [-0.15, -0.1) is 0 Å². The molecule has 122 valence electrons. The average Bonchev–Trinajstić information content (AvgIpc) is 2.48. The molecule has 1 aromatic rings. The summed E-state index contributed by atoms with van der Waals surface area (Å²) in [6.45, 7) is 6.13. The van der Waals surface area contributed by atoms with E-state index < -0.39 is 0 Å². The number of rotatable bonds is 5. The molecule has 0 heterocycles. The van der Waals surface area contributed by atoms with Crippen molar-refractivity contribution >= 4 is 6.03 Å². The molecule has 0 saturated heterocycles. The lowest BCUT2D eigenvalue weighted by atomic mass is 9.96. The van der Waals surface area contributed by atoms with E-state index in [4.69, 9.17) is 4.74 Å². The minimum Gasteiger partial charge on any atom is -0.471 e. The van der Waals surface area contributed by atoms with Gasteiger partial charge in [-0.2, -0.15) is 0 Å². The monoisotopic (exact) mass is 304 g/mol. The number of carbonyl (C=O) groups is 1. The third kappa shape index (κ3) is 4.93. The van der Waals surface area contributed by atoms with E-state index in [-0.39, 0.29) is 12.3 Å². The maximum atomic E-state index is 12.0. The first-order valence-corrected chi connectivity index (χ1v) is 8.39. The van der Waals surface area contributed by atoms with Crippen LogP contribution in [0.1, 0.15) is 64.4 Å². The molecule has 0 bridgehead atoms. The van der Waals surface area contributed by atoms with E-state index >= 15 is 0 Å². The lowest BCUT2D eigenvalue weighted by molar-refractivity contribution is 0.172. The van der Waals surface area contributed by atoms with Crippen LogP contribution in [0.5, 0.6) is 5.75 Å². The predicted molar refractivity (Wildman–Crippen MR) is 89.2 cm³/mol.